The molecule has 0 unspecified atom stereocenters. The molecule has 0 fully saturated rings. The van der Waals surface area contributed by atoms with E-state index in [9.17, 15) is 23.1 Å². The number of aromatic nitrogens is 1. The lowest BCUT2D eigenvalue weighted by Crippen LogP contribution is -2.16. The Morgan fingerprint density at radius 1 is 1.00 bits per heavy atom. The molecule has 30 heavy (non-hydrogen) atoms. The first-order chi connectivity index (χ1) is 14.5. The third-order valence-corrected chi connectivity index (χ3v) is 5.22. The van der Waals surface area contributed by atoms with Gasteiger partial charge in [-0.3, -0.25) is 4.79 Å². The fraction of sp³-hybridized carbons (Fsp3) is 0. The smallest absolute Gasteiger partial charge is 0.281 e. The van der Waals surface area contributed by atoms with Gasteiger partial charge in [-0.15, -0.1) is 0 Å². The summed E-state index contributed by atoms with van der Waals surface area (Å²) >= 11 is 0.650. The molecule has 4 rings (SSSR count). The molecule has 0 amide bonds. The first-order valence-corrected chi connectivity index (χ1v) is 9.43. The molecular weight excluding hydrogens is 415 g/mol. The number of phenolic OH excluding ortho intramolecular Hbond substituents is 1. The van der Waals surface area contributed by atoms with Gasteiger partial charge in [-0.2, -0.15) is 10.1 Å². The third kappa shape index (κ3) is 3.62. The van der Waals surface area contributed by atoms with Gasteiger partial charge in [-0.05, 0) is 30.3 Å². The lowest BCUT2D eigenvalue weighted by atomic mass is 10.2. The van der Waals surface area contributed by atoms with Crippen LogP contribution in [-0.4, -0.2) is 16.3 Å². The number of anilines is 2. The molecule has 0 bridgehead atoms. The van der Waals surface area contributed by atoms with Gasteiger partial charge in [-0.1, -0.05) is 41.7 Å². The van der Waals surface area contributed by atoms with Gasteiger partial charge in [0.15, 0.2) is 17.5 Å². The molecule has 0 aliphatic heterocycles. The largest absolute Gasteiger partial charge is 0.507 e. The number of hydrogen-bond donors (Lipinski definition) is 1. The maximum absolute atomic E-state index is 14.3. The number of benzene rings is 3. The number of para-hydroxylation sites is 2. The Morgan fingerprint density at radius 2 is 1.70 bits per heavy atom. The highest BCUT2D eigenvalue weighted by Crippen LogP contribution is 2.33. The number of aromatic hydroxyl groups is 1. The van der Waals surface area contributed by atoms with Gasteiger partial charge in [0.1, 0.15) is 5.75 Å². The van der Waals surface area contributed by atoms with Crippen LogP contribution in [0.4, 0.5) is 24.0 Å². The minimum absolute atomic E-state index is 0.0162. The van der Waals surface area contributed by atoms with E-state index in [-0.39, 0.29) is 21.0 Å². The normalized spacial score (nSPS) is 11.3. The SMILES string of the molecule is O=c1nc(N(N=Cc2ccccc2O)c2ccccc2)sc2c(F)c(F)c(F)cc12. The summed E-state index contributed by atoms with van der Waals surface area (Å²) in [6.07, 6.45) is 1.34. The summed E-state index contributed by atoms with van der Waals surface area (Å²) in [5, 5.41) is 15.0. The Morgan fingerprint density at radius 3 is 2.43 bits per heavy atom. The molecule has 0 atom stereocenters. The minimum atomic E-state index is -1.67. The van der Waals surface area contributed by atoms with Gasteiger partial charge in [0.05, 0.1) is 22.0 Å². The highest BCUT2D eigenvalue weighted by Gasteiger charge is 2.20. The van der Waals surface area contributed by atoms with Crippen molar-refractivity contribution in [1.82, 2.24) is 4.98 Å². The van der Waals surface area contributed by atoms with Crippen LogP contribution < -0.4 is 10.6 Å². The van der Waals surface area contributed by atoms with Gasteiger partial charge in [0.25, 0.3) is 5.56 Å². The van der Waals surface area contributed by atoms with Gasteiger partial charge in [0.2, 0.25) is 5.13 Å². The zero-order chi connectivity index (χ0) is 21.3. The standard InChI is InChI=1S/C21H12F3N3O2S/c22-15-10-14-19(18(24)17(15)23)30-21(26-20(14)29)27(13-7-2-1-3-8-13)25-11-12-6-4-5-9-16(12)28/h1-11,28H. The molecule has 1 heterocycles. The molecule has 3 aromatic carbocycles. The van der Waals surface area contributed by atoms with Crippen LogP contribution in [0.1, 0.15) is 5.56 Å². The van der Waals surface area contributed by atoms with Crippen molar-refractivity contribution in [3.8, 4) is 5.75 Å². The summed E-state index contributed by atoms with van der Waals surface area (Å²) in [6, 6.07) is 15.6. The summed E-state index contributed by atoms with van der Waals surface area (Å²) in [5.41, 5.74) is -0.0456. The topological polar surface area (TPSA) is 65.8 Å². The van der Waals surface area contributed by atoms with E-state index in [1.807, 2.05) is 0 Å². The number of halogens is 3. The number of rotatable bonds is 4. The number of hydrogen-bond acceptors (Lipinski definition) is 6. The van der Waals surface area contributed by atoms with Gasteiger partial charge in [0, 0.05) is 5.56 Å². The van der Waals surface area contributed by atoms with Crippen molar-refractivity contribution in [2.45, 2.75) is 0 Å². The minimum Gasteiger partial charge on any atom is -0.507 e. The van der Waals surface area contributed by atoms with Crippen molar-refractivity contribution in [3.05, 3.63) is 94.0 Å². The summed E-state index contributed by atoms with van der Waals surface area (Å²) < 4.78 is 41.2. The molecule has 0 saturated carbocycles. The van der Waals surface area contributed by atoms with Crippen molar-refractivity contribution in [2.24, 2.45) is 5.10 Å². The molecule has 9 heteroatoms. The Balaban J connectivity index is 1.90. The quantitative estimate of drug-likeness (QED) is 0.284. The van der Waals surface area contributed by atoms with E-state index in [4.69, 9.17) is 0 Å². The van der Waals surface area contributed by atoms with Crippen molar-refractivity contribution >= 4 is 38.5 Å². The zero-order valence-electron chi connectivity index (χ0n) is 15.1. The van der Waals surface area contributed by atoms with E-state index < -0.39 is 23.0 Å². The third-order valence-electron chi connectivity index (χ3n) is 4.17. The van der Waals surface area contributed by atoms with Crippen LogP contribution in [-0.2, 0) is 0 Å². The second-order valence-corrected chi connectivity index (χ2v) is 7.09. The summed E-state index contributed by atoms with van der Waals surface area (Å²) in [6.45, 7) is 0. The van der Waals surface area contributed by atoms with Crippen molar-refractivity contribution in [2.75, 3.05) is 5.01 Å². The molecule has 1 N–H and O–H groups in total. The van der Waals surface area contributed by atoms with Crippen molar-refractivity contribution in [1.29, 1.82) is 0 Å². The van der Waals surface area contributed by atoms with Crippen molar-refractivity contribution in [3.63, 3.8) is 0 Å². The highest BCUT2D eigenvalue weighted by molar-refractivity contribution is 7.21. The molecular formula is C21H12F3N3O2S. The van der Waals surface area contributed by atoms with Crippen molar-refractivity contribution < 1.29 is 18.3 Å². The Kier molecular flexibility index (Phi) is 5.20. The zero-order valence-corrected chi connectivity index (χ0v) is 15.9. The summed E-state index contributed by atoms with van der Waals surface area (Å²) in [4.78, 5) is 16.3. The van der Waals surface area contributed by atoms with E-state index in [0.29, 0.717) is 28.7 Å². The van der Waals surface area contributed by atoms with Crippen LogP contribution in [0.25, 0.3) is 10.1 Å². The van der Waals surface area contributed by atoms with Gasteiger partial charge >= 0.3 is 0 Å². The molecule has 0 spiro atoms. The Labute approximate surface area is 172 Å². The Bertz CT molecular complexity index is 1330. The number of nitrogens with zero attached hydrogens (tertiary/aromatic N) is 3. The molecule has 5 nitrogen and oxygen atoms in total. The Hall–Kier alpha value is -3.72. The summed E-state index contributed by atoms with van der Waals surface area (Å²) in [5.74, 6) is -4.61. The molecule has 4 aromatic rings. The van der Waals surface area contributed by atoms with Crippen LogP contribution in [0.15, 0.2) is 70.6 Å². The van der Waals surface area contributed by atoms with Crippen LogP contribution in [0, 0.1) is 17.5 Å². The molecule has 0 aliphatic rings. The van der Waals surface area contributed by atoms with Crippen LogP contribution in [0.3, 0.4) is 0 Å². The number of phenols is 1. The molecule has 0 saturated heterocycles. The fourth-order valence-corrected chi connectivity index (χ4v) is 3.69. The molecule has 150 valence electrons. The van der Waals surface area contributed by atoms with Crippen LogP contribution in [0.2, 0.25) is 0 Å². The number of fused-ring (bicyclic) bond motifs is 1. The second-order valence-electron chi connectivity index (χ2n) is 6.12. The molecule has 0 aliphatic carbocycles. The molecule has 0 radical (unpaired) electrons. The average Bonchev–Trinajstić information content (AvgIpc) is 2.75. The van der Waals surface area contributed by atoms with Crippen LogP contribution >= 0.6 is 11.3 Å². The van der Waals surface area contributed by atoms with E-state index >= 15 is 0 Å². The monoisotopic (exact) mass is 427 g/mol. The summed E-state index contributed by atoms with van der Waals surface area (Å²) in [7, 11) is 0. The predicted molar refractivity (Wildman–Crippen MR) is 110 cm³/mol. The van der Waals surface area contributed by atoms with Crippen LogP contribution in [0.5, 0.6) is 5.75 Å². The molecule has 1 aromatic heterocycles. The van der Waals surface area contributed by atoms with E-state index in [0.717, 1.165) is 0 Å². The lowest BCUT2D eigenvalue weighted by molar-refractivity contribution is 0.454. The second kappa shape index (κ2) is 7.96. The van der Waals surface area contributed by atoms with Gasteiger partial charge in [-0.25, -0.2) is 18.2 Å². The van der Waals surface area contributed by atoms with E-state index in [2.05, 4.69) is 10.1 Å². The predicted octanol–water partition coefficient (Wildman–Crippen LogP) is 4.95. The number of hydrazone groups is 1. The van der Waals surface area contributed by atoms with E-state index in [1.54, 1.807) is 48.5 Å². The van der Waals surface area contributed by atoms with E-state index in [1.165, 1.54) is 17.3 Å². The maximum Gasteiger partial charge on any atom is 0.281 e. The fourth-order valence-electron chi connectivity index (χ4n) is 2.70. The van der Waals surface area contributed by atoms with Gasteiger partial charge < -0.3 is 5.11 Å². The lowest BCUT2D eigenvalue weighted by Gasteiger charge is -2.17. The first kappa shape index (κ1) is 19.6. The first-order valence-electron chi connectivity index (χ1n) is 8.61. The maximum atomic E-state index is 14.3. The average molecular weight is 427 g/mol. The highest BCUT2D eigenvalue weighted by atomic mass is 32.1.